The van der Waals surface area contributed by atoms with Gasteiger partial charge in [-0.25, -0.2) is 8.78 Å². The summed E-state index contributed by atoms with van der Waals surface area (Å²) >= 11 is 0. The first-order valence-electron chi connectivity index (χ1n) is 8.30. The van der Waals surface area contributed by atoms with Crippen molar-refractivity contribution in [3.63, 3.8) is 0 Å². The number of alkyl halides is 2. The zero-order valence-electron chi connectivity index (χ0n) is 14.0. The number of ether oxygens (including phenoxy) is 1. The fourth-order valence-electron chi connectivity index (χ4n) is 3.09. The minimum Gasteiger partial charge on any atom is -0.543 e. The lowest BCUT2D eigenvalue weighted by Gasteiger charge is -2.35. The number of carboxylic acids is 1. The smallest absolute Gasteiger partial charge is 0.268 e. The number of nitrogens with zero attached hydrogens (tertiary/aromatic N) is 2. The molecule has 0 amide bonds. The van der Waals surface area contributed by atoms with E-state index in [4.69, 9.17) is 4.74 Å². The van der Waals surface area contributed by atoms with Crippen LogP contribution in [0.3, 0.4) is 0 Å². The minimum atomic E-state index is -2.53. The van der Waals surface area contributed by atoms with E-state index in [1.54, 1.807) is 24.3 Å². The Morgan fingerprint density at radius 1 is 1.07 bits per heavy atom. The zero-order valence-corrected chi connectivity index (χ0v) is 14.0. The fraction of sp³-hybridized carbons (Fsp3) is 0.211. The number of H-pyrrole nitrogens is 1. The SMILES string of the molecule is O=C([O-])c1[nH]nnc1Oc1ccc(-c2ccc(C3CC(F)(F)C3)cc2)cc1. The molecule has 0 unspecified atom stereocenters. The maximum absolute atomic E-state index is 13.0. The molecule has 0 saturated heterocycles. The molecule has 4 rings (SSSR count). The van der Waals surface area contributed by atoms with Gasteiger partial charge in [0.1, 0.15) is 11.4 Å². The first-order chi connectivity index (χ1) is 12.9. The monoisotopic (exact) mass is 370 g/mol. The summed E-state index contributed by atoms with van der Waals surface area (Å²) in [6, 6.07) is 14.5. The van der Waals surface area contributed by atoms with Crippen LogP contribution in [0.25, 0.3) is 11.1 Å². The molecule has 1 aliphatic carbocycles. The van der Waals surface area contributed by atoms with Crippen LogP contribution in [-0.4, -0.2) is 27.3 Å². The third-order valence-electron chi connectivity index (χ3n) is 4.59. The minimum absolute atomic E-state index is 0.0785. The predicted molar refractivity (Wildman–Crippen MR) is 89.6 cm³/mol. The number of hydrogen-bond acceptors (Lipinski definition) is 5. The molecular formula is C19H14F2N3O3-. The molecule has 0 spiro atoms. The van der Waals surface area contributed by atoms with Crippen molar-refractivity contribution in [1.29, 1.82) is 0 Å². The van der Waals surface area contributed by atoms with E-state index in [0.717, 1.165) is 16.7 Å². The van der Waals surface area contributed by atoms with E-state index in [0.29, 0.717) is 5.75 Å². The van der Waals surface area contributed by atoms with Crippen LogP contribution in [0.4, 0.5) is 8.78 Å². The molecular weight excluding hydrogens is 356 g/mol. The standard InChI is InChI=1S/C19H15F2N3O3/c20-19(21)9-14(10-19)13-3-1-11(2-4-13)12-5-7-15(8-6-12)27-17-16(18(25)26)22-24-23-17/h1-8,14H,9-10H2,(H,25,26)(H,22,23,24)/p-1. The number of carbonyl (C=O) groups excluding carboxylic acids is 1. The normalized spacial score (nSPS) is 15.9. The van der Waals surface area contributed by atoms with Gasteiger partial charge in [0.25, 0.3) is 5.88 Å². The first-order valence-corrected chi connectivity index (χ1v) is 8.30. The molecule has 1 fully saturated rings. The number of rotatable bonds is 5. The Labute approximate surface area is 152 Å². The molecule has 1 heterocycles. The van der Waals surface area contributed by atoms with Crippen LogP contribution in [0.15, 0.2) is 48.5 Å². The Balaban J connectivity index is 1.46. The molecule has 0 bridgehead atoms. The number of carboxylic acid groups (broad SMARTS) is 1. The summed E-state index contributed by atoms with van der Waals surface area (Å²) in [7, 11) is 0. The molecule has 0 atom stereocenters. The van der Waals surface area contributed by atoms with Crippen LogP contribution >= 0.6 is 0 Å². The van der Waals surface area contributed by atoms with Gasteiger partial charge in [-0.3, -0.25) is 5.10 Å². The molecule has 3 aromatic rings. The summed E-state index contributed by atoms with van der Waals surface area (Å²) in [6.07, 6.45) is -0.178. The van der Waals surface area contributed by atoms with E-state index in [1.807, 2.05) is 24.3 Å². The topological polar surface area (TPSA) is 90.9 Å². The van der Waals surface area contributed by atoms with Crippen molar-refractivity contribution in [3.05, 3.63) is 59.8 Å². The second-order valence-electron chi connectivity index (χ2n) is 6.49. The van der Waals surface area contributed by atoms with E-state index in [-0.39, 0.29) is 30.3 Å². The number of aromatic nitrogens is 3. The van der Waals surface area contributed by atoms with Crippen molar-refractivity contribution in [2.75, 3.05) is 0 Å². The highest BCUT2D eigenvalue weighted by Crippen LogP contribution is 2.48. The molecule has 0 radical (unpaired) electrons. The van der Waals surface area contributed by atoms with Crippen LogP contribution in [-0.2, 0) is 0 Å². The molecule has 1 aliphatic rings. The molecule has 1 aromatic heterocycles. The van der Waals surface area contributed by atoms with E-state index in [2.05, 4.69) is 15.4 Å². The second-order valence-corrected chi connectivity index (χ2v) is 6.49. The zero-order chi connectivity index (χ0) is 19.0. The van der Waals surface area contributed by atoms with Crippen LogP contribution in [0.5, 0.6) is 11.6 Å². The van der Waals surface area contributed by atoms with Gasteiger partial charge < -0.3 is 14.6 Å². The molecule has 1 saturated carbocycles. The number of aromatic amines is 1. The summed E-state index contributed by atoms with van der Waals surface area (Å²) < 4.78 is 31.4. The lowest BCUT2D eigenvalue weighted by atomic mass is 9.76. The first kappa shape index (κ1) is 17.1. The van der Waals surface area contributed by atoms with Gasteiger partial charge in [-0.1, -0.05) is 46.7 Å². The van der Waals surface area contributed by atoms with Gasteiger partial charge in [-0.15, -0.1) is 0 Å². The van der Waals surface area contributed by atoms with Gasteiger partial charge >= 0.3 is 0 Å². The Hall–Kier alpha value is -3.29. The Bertz CT molecular complexity index is 961. The quantitative estimate of drug-likeness (QED) is 0.745. The number of carbonyl (C=O) groups is 1. The summed E-state index contributed by atoms with van der Waals surface area (Å²) in [5.74, 6) is -3.85. The lowest BCUT2D eigenvalue weighted by molar-refractivity contribution is -0.255. The molecule has 138 valence electrons. The van der Waals surface area contributed by atoms with Gasteiger partial charge in [-0.05, 0) is 34.7 Å². The Kier molecular flexibility index (Phi) is 4.10. The molecule has 2 aromatic carbocycles. The summed E-state index contributed by atoms with van der Waals surface area (Å²) in [5, 5.41) is 20.0. The van der Waals surface area contributed by atoms with Gasteiger partial charge in [0, 0.05) is 12.8 Å². The van der Waals surface area contributed by atoms with E-state index in [9.17, 15) is 18.7 Å². The van der Waals surface area contributed by atoms with Gasteiger partial charge in [0.2, 0.25) is 5.92 Å². The lowest BCUT2D eigenvalue weighted by Crippen LogP contribution is -2.33. The molecule has 8 heteroatoms. The highest BCUT2D eigenvalue weighted by molar-refractivity contribution is 5.85. The largest absolute Gasteiger partial charge is 0.543 e. The number of benzene rings is 2. The van der Waals surface area contributed by atoms with E-state index >= 15 is 0 Å². The predicted octanol–water partition coefficient (Wildman–Crippen LogP) is 3.14. The highest BCUT2D eigenvalue weighted by atomic mass is 19.3. The molecule has 27 heavy (non-hydrogen) atoms. The summed E-state index contributed by atoms with van der Waals surface area (Å²) in [4.78, 5) is 10.9. The second kappa shape index (κ2) is 6.46. The van der Waals surface area contributed by atoms with Gasteiger partial charge in [0.05, 0.1) is 5.97 Å². The van der Waals surface area contributed by atoms with Crippen molar-refractivity contribution in [2.24, 2.45) is 0 Å². The third kappa shape index (κ3) is 3.51. The van der Waals surface area contributed by atoms with Crippen molar-refractivity contribution in [2.45, 2.75) is 24.7 Å². The van der Waals surface area contributed by atoms with Crippen molar-refractivity contribution in [3.8, 4) is 22.8 Å². The average Bonchev–Trinajstić information content (AvgIpc) is 3.09. The average molecular weight is 370 g/mol. The van der Waals surface area contributed by atoms with Crippen molar-refractivity contribution < 1.29 is 23.4 Å². The maximum atomic E-state index is 13.0. The summed E-state index contributed by atoms with van der Waals surface area (Å²) in [6.45, 7) is 0. The van der Waals surface area contributed by atoms with Crippen LogP contribution in [0, 0.1) is 0 Å². The number of hydrogen-bond donors (Lipinski definition) is 1. The number of nitrogens with one attached hydrogen (secondary N) is 1. The Morgan fingerprint density at radius 3 is 2.22 bits per heavy atom. The molecule has 6 nitrogen and oxygen atoms in total. The number of aromatic carboxylic acids is 1. The van der Waals surface area contributed by atoms with Crippen LogP contribution in [0.1, 0.15) is 34.8 Å². The van der Waals surface area contributed by atoms with Crippen molar-refractivity contribution in [1.82, 2.24) is 15.4 Å². The molecule has 0 aliphatic heterocycles. The van der Waals surface area contributed by atoms with Crippen LogP contribution < -0.4 is 9.84 Å². The maximum Gasteiger partial charge on any atom is 0.268 e. The number of halogens is 2. The molecule has 1 N–H and O–H groups in total. The summed E-state index contributed by atoms with van der Waals surface area (Å²) in [5.41, 5.74) is 2.43. The third-order valence-corrected chi connectivity index (χ3v) is 4.59. The fourth-order valence-corrected chi connectivity index (χ4v) is 3.09. The Morgan fingerprint density at radius 2 is 1.67 bits per heavy atom. The highest BCUT2D eigenvalue weighted by Gasteiger charge is 2.45. The van der Waals surface area contributed by atoms with Crippen molar-refractivity contribution >= 4 is 5.97 Å². The van der Waals surface area contributed by atoms with E-state index < -0.39 is 11.9 Å². The van der Waals surface area contributed by atoms with E-state index in [1.165, 1.54) is 0 Å². The van der Waals surface area contributed by atoms with Crippen LogP contribution in [0.2, 0.25) is 0 Å². The van der Waals surface area contributed by atoms with Gasteiger partial charge in [-0.2, -0.15) is 0 Å². The van der Waals surface area contributed by atoms with Gasteiger partial charge in [0.15, 0.2) is 0 Å².